The molecule has 1 atom stereocenters. The van der Waals surface area contributed by atoms with E-state index in [4.69, 9.17) is 16.7 Å². The lowest BCUT2D eigenvalue weighted by Gasteiger charge is -2.09. The van der Waals surface area contributed by atoms with Gasteiger partial charge in [0.25, 0.3) is 0 Å². The minimum absolute atomic E-state index is 0.235. The second-order valence-electron chi connectivity index (χ2n) is 1.53. The minimum atomic E-state index is -4.32. The van der Waals surface area contributed by atoms with Gasteiger partial charge in [0.05, 0.1) is 22.0 Å². The largest absolute Gasteiger partial charge is 0.748 e. The SMILES string of the molecule is O=S(=O)([O-])C[C@H](O)CCl. The molecule has 0 heterocycles. The molecule has 0 radical (unpaired) electrons. The second kappa shape index (κ2) is 3.36. The van der Waals surface area contributed by atoms with Gasteiger partial charge in [-0.05, 0) is 0 Å². The molecule has 0 amide bonds. The second-order valence-corrected chi connectivity index (χ2v) is 3.29. The molecule has 0 spiro atoms. The van der Waals surface area contributed by atoms with Crippen LogP contribution in [0, 0.1) is 0 Å². The standard InChI is InChI=1S/C3H7ClO4S/c4-1-3(5)2-9(6,7)8/h3,5H,1-2H2,(H,6,7,8)/p-1/t3-/m1/s1. The van der Waals surface area contributed by atoms with Gasteiger partial charge in [0, 0.05) is 5.88 Å². The maximum atomic E-state index is 9.83. The molecule has 9 heavy (non-hydrogen) atoms. The smallest absolute Gasteiger partial charge is 0.0971 e. The zero-order valence-corrected chi connectivity index (χ0v) is 6.02. The van der Waals surface area contributed by atoms with Crippen molar-refractivity contribution in [1.82, 2.24) is 0 Å². The highest BCUT2D eigenvalue weighted by molar-refractivity contribution is 7.85. The lowest BCUT2D eigenvalue weighted by molar-refractivity contribution is 0.218. The zero-order valence-electron chi connectivity index (χ0n) is 4.45. The van der Waals surface area contributed by atoms with Crippen LogP contribution >= 0.6 is 11.6 Å². The van der Waals surface area contributed by atoms with Crippen molar-refractivity contribution in [1.29, 1.82) is 0 Å². The number of hydrogen-bond donors (Lipinski definition) is 1. The number of hydrogen-bond acceptors (Lipinski definition) is 4. The molecule has 0 fully saturated rings. The molecule has 6 heteroatoms. The van der Waals surface area contributed by atoms with Gasteiger partial charge in [0.1, 0.15) is 0 Å². The molecule has 56 valence electrons. The van der Waals surface area contributed by atoms with E-state index in [-0.39, 0.29) is 5.88 Å². The van der Waals surface area contributed by atoms with Crippen LogP contribution in [0.25, 0.3) is 0 Å². The molecule has 0 aliphatic rings. The van der Waals surface area contributed by atoms with Crippen molar-refractivity contribution in [3.63, 3.8) is 0 Å². The van der Waals surface area contributed by atoms with Gasteiger partial charge in [-0.1, -0.05) is 0 Å². The van der Waals surface area contributed by atoms with Gasteiger partial charge < -0.3 is 9.66 Å². The van der Waals surface area contributed by atoms with Crippen LogP contribution in [0.5, 0.6) is 0 Å². The summed E-state index contributed by atoms with van der Waals surface area (Å²) >= 11 is 5.00. The average molecular weight is 174 g/mol. The van der Waals surface area contributed by atoms with Gasteiger partial charge in [-0.25, -0.2) is 8.42 Å². The summed E-state index contributed by atoms with van der Waals surface area (Å²) in [6.45, 7) is 0. The van der Waals surface area contributed by atoms with Gasteiger partial charge in [0.15, 0.2) is 0 Å². The molecular weight excluding hydrogens is 168 g/mol. The summed E-state index contributed by atoms with van der Waals surface area (Å²) in [4.78, 5) is 0. The Morgan fingerprint density at radius 3 is 2.22 bits per heavy atom. The Kier molecular flexibility index (Phi) is 3.42. The molecule has 0 aliphatic carbocycles. The summed E-state index contributed by atoms with van der Waals surface area (Å²) in [5.74, 6) is -1.04. The van der Waals surface area contributed by atoms with Crippen LogP contribution in [0.15, 0.2) is 0 Å². The van der Waals surface area contributed by atoms with Gasteiger partial charge in [-0.3, -0.25) is 0 Å². The van der Waals surface area contributed by atoms with Gasteiger partial charge >= 0.3 is 0 Å². The quantitative estimate of drug-likeness (QED) is 0.445. The fourth-order valence-corrected chi connectivity index (χ4v) is 1.11. The summed E-state index contributed by atoms with van der Waals surface area (Å²) in [6.07, 6.45) is -1.24. The van der Waals surface area contributed by atoms with Crippen molar-refractivity contribution in [3.8, 4) is 0 Å². The Hall–Kier alpha value is 0.160. The van der Waals surface area contributed by atoms with E-state index < -0.39 is 22.0 Å². The minimum Gasteiger partial charge on any atom is -0.748 e. The van der Waals surface area contributed by atoms with Crippen LogP contribution in [0.4, 0.5) is 0 Å². The Morgan fingerprint density at radius 2 is 2.11 bits per heavy atom. The van der Waals surface area contributed by atoms with Crippen LogP contribution in [0.3, 0.4) is 0 Å². The molecule has 0 aliphatic heterocycles. The van der Waals surface area contributed by atoms with Crippen LogP contribution in [0.2, 0.25) is 0 Å². The predicted molar refractivity (Wildman–Crippen MR) is 31.3 cm³/mol. The van der Waals surface area contributed by atoms with E-state index in [1.54, 1.807) is 0 Å². The van der Waals surface area contributed by atoms with Crippen LogP contribution in [0.1, 0.15) is 0 Å². The van der Waals surface area contributed by atoms with Gasteiger partial charge in [0.2, 0.25) is 0 Å². The summed E-state index contributed by atoms with van der Waals surface area (Å²) in [7, 11) is -4.32. The van der Waals surface area contributed by atoms with E-state index in [9.17, 15) is 13.0 Å². The fraction of sp³-hybridized carbons (Fsp3) is 1.00. The van der Waals surface area contributed by atoms with Crippen molar-refractivity contribution < 1.29 is 18.1 Å². The Labute approximate surface area is 58.2 Å². The van der Waals surface area contributed by atoms with E-state index in [2.05, 4.69) is 0 Å². The average Bonchev–Trinajstić information content (AvgIpc) is 1.62. The highest BCUT2D eigenvalue weighted by Gasteiger charge is 2.05. The third-order valence-electron chi connectivity index (χ3n) is 0.575. The molecule has 0 saturated carbocycles. The molecule has 0 aromatic carbocycles. The number of rotatable bonds is 3. The predicted octanol–water partition coefficient (Wildman–Crippen LogP) is -0.869. The maximum Gasteiger partial charge on any atom is 0.0971 e. The van der Waals surface area contributed by atoms with Gasteiger partial charge in [-0.15, -0.1) is 11.6 Å². The normalized spacial score (nSPS) is 15.4. The van der Waals surface area contributed by atoms with Crippen molar-refractivity contribution in [2.75, 3.05) is 11.6 Å². The molecular formula is C3H6ClO4S-. The molecule has 0 aromatic rings. The molecule has 0 saturated heterocycles. The van der Waals surface area contributed by atoms with Crippen LogP contribution in [-0.4, -0.2) is 35.8 Å². The topological polar surface area (TPSA) is 77.4 Å². The van der Waals surface area contributed by atoms with Crippen molar-refractivity contribution in [3.05, 3.63) is 0 Å². The summed E-state index contributed by atoms with van der Waals surface area (Å²) in [5, 5.41) is 8.48. The lowest BCUT2D eigenvalue weighted by atomic mass is 10.5. The number of aliphatic hydroxyl groups excluding tert-OH is 1. The summed E-state index contributed by atoms with van der Waals surface area (Å²) in [6, 6.07) is 0. The lowest BCUT2D eigenvalue weighted by Crippen LogP contribution is -2.21. The third kappa shape index (κ3) is 6.04. The monoisotopic (exact) mass is 173 g/mol. The van der Waals surface area contributed by atoms with E-state index in [0.29, 0.717) is 0 Å². The van der Waals surface area contributed by atoms with Crippen LogP contribution in [-0.2, 0) is 10.1 Å². The van der Waals surface area contributed by atoms with Crippen molar-refractivity contribution in [2.45, 2.75) is 6.10 Å². The Morgan fingerprint density at radius 1 is 1.67 bits per heavy atom. The third-order valence-corrected chi connectivity index (χ3v) is 1.72. The summed E-state index contributed by atoms with van der Waals surface area (Å²) < 4.78 is 29.5. The van der Waals surface area contributed by atoms with Crippen molar-refractivity contribution in [2.24, 2.45) is 0 Å². The Balaban J connectivity index is 3.75. The van der Waals surface area contributed by atoms with Crippen LogP contribution < -0.4 is 0 Å². The first-order valence-corrected chi connectivity index (χ1v) is 4.24. The van der Waals surface area contributed by atoms with E-state index in [1.165, 1.54) is 0 Å². The van der Waals surface area contributed by atoms with E-state index in [1.807, 2.05) is 0 Å². The molecule has 0 unspecified atom stereocenters. The highest BCUT2D eigenvalue weighted by atomic mass is 35.5. The van der Waals surface area contributed by atoms with Gasteiger partial charge in [-0.2, -0.15) is 0 Å². The maximum absolute atomic E-state index is 9.83. The molecule has 1 N–H and O–H groups in total. The first-order chi connectivity index (χ1) is 3.95. The first kappa shape index (κ1) is 9.16. The van der Waals surface area contributed by atoms with Crippen molar-refractivity contribution >= 4 is 21.7 Å². The zero-order chi connectivity index (χ0) is 7.49. The molecule has 0 rings (SSSR count). The Bertz CT molecular complexity index is 163. The molecule has 0 bridgehead atoms. The van der Waals surface area contributed by atoms with E-state index in [0.717, 1.165) is 0 Å². The molecule has 0 aromatic heterocycles. The number of aliphatic hydroxyl groups is 1. The highest BCUT2D eigenvalue weighted by Crippen LogP contribution is 1.91. The van der Waals surface area contributed by atoms with E-state index >= 15 is 0 Å². The molecule has 4 nitrogen and oxygen atoms in total. The first-order valence-electron chi connectivity index (χ1n) is 2.13. The number of halogens is 1. The summed E-state index contributed by atoms with van der Waals surface area (Å²) in [5.41, 5.74) is 0. The fourth-order valence-electron chi connectivity index (χ4n) is 0.280. The number of alkyl halides is 1.